The van der Waals surface area contributed by atoms with Crippen LogP contribution < -0.4 is 10.6 Å². The minimum absolute atomic E-state index is 0.0451. The quantitative estimate of drug-likeness (QED) is 0.844. The number of amides is 1. The summed E-state index contributed by atoms with van der Waals surface area (Å²) in [5.74, 6) is -0.323. The number of rotatable bonds is 3. The molecule has 0 saturated carbocycles. The molecule has 0 fully saturated rings. The molecule has 0 unspecified atom stereocenters. The zero-order valence-electron chi connectivity index (χ0n) is 10.8. The first-order chi connectivity index (χ1) is 10.0. The molecule has 0 aliphatic carbocycles. The molecule has 1 aliphatic heterocycles. The van der Waals surface area contributed by atoms with Crippen molar-refractivity contribution in [3.63, 3.8) is 0 Å². The fourth-order valence-corrected chi connectivity index (χ4v) is 2.89. The Morgan fingerprint density at radius 1 is 1.33 bits per heavy atom. The molecular weight excluding hydrogens is 359 g/mol. The first-order valence-electron chi connectivity index (χ1n) is 6.33. The van der Waals surface area contributed by atoms with Gasteiger partial charge in [0.2, 0.25) is 5.91 Å². The minimum Gasteiger partial charge on any atom is -0.380 e. The Labute approximate surface area is 134 Å². The predicted octanol–water partition coefficient (Wildman–Crippen LogP) is 4.35. The summed E-state index contributed by atoms with van der Waals surface area (Å²) in [5, 5.41) is 6.34. The number of fused-ring (bicyclic) bond motifs is 1. The van der Waals surface area contributed by atoms with Crippen LogP contribution in [-0.2, 0) is 17.8 Å². The highest BCUT2D eigenvalue weighted by molar-refractivity contribution is 9.10. The van der Waals surface area contributed by atoms with Crippen molar-refractivity contribution in [2.45, 2.75) is 13.0 Å². The molecule has 2 N–H and O–H groups in total. The Balaban J connectivity index is 1.81. The van der Waals surface area contributed by atoms with Gasteiger partial charge in [-0.15, -0.1) is 0 Å². The van der Waals surface area contributed by atoms with Crippen LogP contribution in [-0.4, -0.2) is 5.91 Å². The van der Waals surface area contributed by atoms with E-state index in [0.717, 1.165) is 15.7 Å². The maximum Gasteiger partial charge on any atom is 0.228 e. The maximum atomic E-state index is 13.7. The lowest BCUT2D eigenvalue weighted by Crippen LogP contribution is -2.03. The molecule has 3 nitrogen and oxygen atoms in total. The average molecular weight is 370 g/mol. The van der Waals surface area contributed by atoms with Crippen molar-refractivity contribution in [1.29, 1.82) is 0 Å². The molecule has 6 heteroatoms. The van der Waals surface area contributed by atoms with E-state index in [1.165, 1.54) is 6.07 Å². The van der Waals surface area contributed by atoms with Gasteiger partial charge in [0, 0.05) is 22.3 Å². The Bertz CT molecular complexity index is 736. The highest BCUT2D eigenvalue weighted by atomic mass is 79.9. The first kappa shape index (κ1) is 14.4. The third kappa shape index (κ3) is 3.04. The monoisotopic (exact) mass is 368 g/mol. The number of carbonyl (C=O) groups is 1. The van der Waals surface area contributed by atoms with Crippen molar-refractivity contribution in [1.82, 2.24) is 0 Å². The largest absolute Gasteiger partial charge is 0.380 e. The van der Waals surface area contributed by atoms with Crippen LogP contribution in [0, 0.1) is 5.82 Å². The van der Waals surface area contributed by atoms with E-state index in [-0.39, 0.29) is 11.7 Å². The van der Waals surface area contributed by atoms with E-state index in [9.17, 15) is 9.18 Å². The van der Waals surface area contributed by atoms with Gasteiger partial charge in [0.15, 0.2) is 0 Å². The van der Waals surface area contributed by atoms with Crippen molar-refractivity contribution in [3.8, 4) is 0 Å². The lowest BCUT2D eigenvalue weighted by molar-refractivity contribution is -0.115. The van der Waals surface area contributed by atoms with E-state index in [1.54, 1.807) is 18.2 Å². The fraction of sp³-hybridized carbons (Fsp3) is 0.133. The molecule has 3 rings (SSSR count). The lowest BCUT2D eigenvalue weighted by Gasteiger charge is -2.11. The van der Waals surface area contributed by atoms with Gasteiger partial charge in [0.25, 0.3) is 0 Å². The Morgan fingerprint density at radius 2 is 2.14 bits per heavy atom. The zero-order valence-corrected chi connectivity index (χ0v) is 13.2. The second kappa shape index (κ2) is 5.66. The van der Waals surface area contributed by atoms with Gasteiger partial charge in [0.05, 0.1) is 17.1 Å². The molecule has 0 radical (unpaired) electrons. The van der Waals surface area contributed by atoms with Crippen LogP contribution in [0.3, 0.4) is 0 Å². The molecule has 0 atom stereocenters. The molecule has 1 amide bonds. The average Bonchev–Trinajstić information content (AvgIpc) is 2.78. The Morgan fingerprint density at radius 3 is 2.95 bits per heavy atom. The number of anilines is 2. The second-order valence-corrected chi connectivity index (χ2v) is 6.13. The standard InChI is InChI=1S/C15H11BrClFN2O/c16-10-1-2-12(18)9(3-10)7-19-14-4-8-5-15(21)20-13(8)6-11(14)17/h1-4,6,19H,5,7H2,(H,20,21). The van der Waals surface area contributed by atoms with Gasteiger partial charge in [-0.2, -0.15) is 0 Å². The van der Waals surface area contributed by atoms with Crippen LogP contribution in [0.5, 0.6) is 0 Å². The zero-order chi connectivity index (χ0) is 15.0. The smallest absolute Gasteiger partial charge is 0.228 e. The summed E-state index contributed by atoms with van der Waals surface area (Å²) in [5.41, 5.74) is 2.85. The van der Waals surface area contributed by atoms with Crippen molar-refractivity contribution in [3.05, 3.63) is 56.8 Å². The van der Waals surface area contributed by atoms with E-state index >= 15 is 0 Å². The predicted molar refractivity (Wildman–Crippen MR) is 85.2 cm³/mol. The molecule has 1 aliphatic rings. The summed E-state index contributed by atoms with van der Waals surface area (Å²) < 4.78 is 14.5. The number of halogens is 3. The molecule has 0 saturated heterocycles. The summed E-state index contributed by atoms with van der Waals surface area (Å²) in [6, 6.07) is 8.31. The molecule has 108 valence electrons. The Kier molecular flexibility index (Phi) is 3.87. The Hall–Kier alpha value is -1.59. The van der Waals surface area contributed by atoms with Gasteiger partial charge in [0.1, 0.15) is 5.82 Å². The first-order valence-corrected chi connectivity index (χ1v) is 7.50. The minimum atomic E-state index is -0.278. The number of hydrogen-bond acceptors (Lipinski definition) is 2. The second-order valence-electron chi connectivity index (χ2n) is 4.80. The van der Waals surface area contributed by atoms with Crippen LogP contribution in [0.25, 0.3) is 0 Å². The lowest BCUT2D eigenvalue weighted by atomic mass is 10.1. The van der Waals surface area contributed by atoms with Gasteiger partial charge < -0.3 is 10.6 Å². The topological polar surface area (TPSA) is 41.1 Å². The van der Waals surface area contributed by atoms with Gasteiger partial charge in [-0.05, 0) is 35.9 Å². The van der Waals surface area contributed by atoms with E-state index in [4.69, 9.17) is 11.6 Å². The molecular formula is C15H11BrClFN2O. The number of carbonyl (C=O) groups excluding carboxylic acids is 1. The van der Waals surface area contributed by atoms with Gasteiger partial charge >= 0.3 is 0 Å². The summed E-state index contributed by atoms with van der Waals surface area (Å²) in [6.45, 7) is 0.311. The van der Waals surface area contributed by atoms with Gasteiger partial charge in [-0.25, -0.2) is 4.39 Å². The number of hydrogen-bond donors (Lipinski definition) is 2. The van der Waals surface area contributed by atoms with E-state index in [0.29, 0.717) is 29.2 Å². The van der Waals surface area contributed by atoms with E-state index in [1.807, 2.05) is 6.07 Å². The van der Waals surface area contributed by atoms with Gasteiger partial charge in [-0.3, -0.25) is 4.79 Å². The summed E-state index contributed by atoms with van der Waals surface area (Å²) in [7, 11) is 0. The SMILES string of the molecule is O=C1Cc2cc(NCc3cc(Br)ccc3F)c(Cl)cc2N1. The summed E-state index contributed by atoms with van der Waals surface area (Å²) in [6.07, 6.45) is 0.340. The maximum absolute atomic E-state index is 13.7. The van der Waals surface area contributed by atoms with Crippen LogP contribution >= 0.6 is 27.5 Å². The fourth-order valence-electron chi connectivity index (χ4n) is 2.25. The number of nitrogens with one attached hydrogen (secondary N) is 2. The number of benzene rings is 2. The normalized spacial score (nSPS) is 13.0. The van der Waals surface area contributed by atoms with Crippen LogP contribution in [0.1, 0.15) is 11.1 Å². The molecule has 0 bridgehead atoms. The molecule has 2 aromatic rings. The van der Waals surface area contributed by atoms with E-state index in [2.05, 4.69) is 26.6 Å². The molecule has 21 heavy (non-hydrogen) atoms. The van der Waals surface area contributed by atoms with Crippen molar-refractivity contribution in [2.24, 2.45) is 0 Å². The third-order valence-corrected chi connectivity index (χ3v) is 4.10. The molecule has 0 spiro atoms. The highest BCUT2D eigenvalue weighted by Gasteiger charge is 2.19. The summed E-state index contributed by atoms with van der Waals surface area (Å²) in [4.78, 5) is 11.4. The molecule has 0 aromatic heterocycles. The van der Waals surface area contributed by atoms with Gasteiger partial charge in [-0.1, -0.05) is 27.5 Å². The third-order valence-electron chi connectivity index (χ3n) is 3.30. The van der Waals surface area contributed by atoms with Crippen molar-refractivity contribution >= 4 is 44.8 Å². The van der Waals surface area contributed by atoms with E-state index < -0.39 is 0 Å². The highest BCUT2D eigenvalue weighted by Crippen LogP contribution is 2.33. The van der Waals surface area contributed by atoms with Crippen molar-refractivity contribution in [2.75, 3.05) is 10.6 Å². The van der Waals surface area contributed by atoms with Crippen LogP contribution in [0.15, 0.2) is 34.8 Å². The van der Waals surface area contributed by atoms with Crippen LogP contribution in [0.2, 0.25) is 5.02 Å². The van der Waals surface area contributed by atoms with Crippen molar-refractivity contribution < 1.29 is 9.18 Å². The van der Waals surface area contributed by atoms with Crippen LogP contribution in [0.4, 0.5) is 15.8 Å². The summed E-state index contributed by atoms with van der Waals surface area (Å²) >= 11 is 9.49. The molecule has 2 aromatic carbocycles. The molecule has 1 heterocycles.